The smallest absolute Gasteiger partial charge is 0.306 e. The van der Waals surface area contributed by atoms with Gasteiger partial charge in [-0.1, -0.05) is 302 Å². The van der Waals surface area contributed by atoms with E-state index in [2.05, 4.69) is 45.1 Å². The van der Waals surface area contributed by atoms with E-state index in [1.165, 1.54) is 263 Å². The van der Waals surface area contributed by atoms with E-state index >= 15 is 0 Å². The second-order valence-electron chi connectivity index (χ2n) is 22.4. The third kappa shape index (κ3) is 60.6. The van der Waals surface area contributed by atoms with Gasteiger partial charge in [0.2, 0.25) is 0 Å². The standard InChI is InChI=1S/C67H126O6/c1-4-7-10-13-16-19-22-25-28-30-31-32-33-34-35-36-37-38-40-42-45-48-51-54-57-60-66(69)72-63-64(62-71-65(68)59-56-53-50-47-44-41-27-24-21-18-15-12-9-6-3)73-67(70)61-58-55-52-49-46-43-39-29-26-23-20-17-14-11-8-5-2/h24,27,30-31,64H,4-23,25-26,28-29,32-63H2,1-3H3/b27-24-,31-30-. The van der Waals surface area contributed by atoms with Crippen LogP contribution in [0.1, 0.15) is 367 Å². The van der Waals surface area contributed by atoms with Crippen molar-refractivity contribution in [1.82, 2.24) is 0 Å². The molecule has 0 aromatic carbocycles. The van der Waals surface area contributed by atoms with Crippen LogP contribution >= 0.6 is 0 Å². The fraction of sp³-hybridized carbons (Fsp3) is 0.896. The maximum atomic E-state index is 12.9. The number of unbranched alkanes of at least 4 members (excludes halogenated alkanes) is 46. The fourth-order valence-electron chi connectivity index (χ4n) is 9.97. The van der Waals surface area contributed by atoms with Crippen molar-refractivity contribution < 1.29 is 28.6 Å². The molecule has 0 heterocycles. The Bertz CT molecular complexity index is 1180. The summed E-state index contributed by atoms with van der Waals surface area (Å²) in [4.78, 5) is 38.3. The number of rotatable bonds is 61. The fourth-order valence-corrected chi connectivity index (χ4v) is 9.97. The second-order valence-corrected chi connectivity index (χ2v) is 22.4. The number of carbonyl (C=O) groups is 3. The molecule has 6 nitrogen and oxygen atoms in total. The Balaban J connectivity index is 4.23. The van der Waals surface area contributed by atoms with Gasteiger partial charge < -0.3 is 14.2 Å². The van der Waals surface area contributed by atoms with Crippen molar-refractivity contribution in [3.8, 4) is 0 Å². The molecule has 0 fully saturated rings. The Morgan fingerprint density at radius 2 is 0.452 bits per heavy atom. The van der Waals surface area contributed by atoms with E-state index in [4.69, 9.17) is 14.2 Å². The zero-order valence-corrected chi connectivity index (χ0v) is 49.4. The van der Waals surface area contributed by atoms with Crippen molar-refractivity contribution in [2.24, 2.45) is 0 Å². The molecule has 1 unspecified atom stereocenters. The summed E-state index contributed by atoms with van der Waals surface area (Å²) in [5.41, 5.74) is 0. The average Bonchev–Trinajstić information content (AvgIpc) is 3.39. The molecular weight excluding hydrogens is 901 g/mol. The highest BCUT2D eigenvalue weighted by Crippen LogP contribution is 2.18. The van der Waals surface area contributed by atoms with Crippen molar-refractivity contribution >= 4 is 17.9 Å². The molecule has 0 aliphatic carbocycles. The molecule has 0 saturated heterocycles. The van der Waals surface area contributed by atoms with Crippen LogP contribution in [0.3, 0.4) is 0 Å². The van der Waals surface area contributed by atoms with E-state index in [0.717, 1.165) is 64.2 Å². The minimum absolute atomic E-state index is 0.0686. The predicted molar refractivity (Wildman–Crippen MR) is 316 cm³/mol. The van der Waals surface area contributed by atoms with Crippen molar-refractivity contribution in [1.29, 1.82) is 0 Å². The highest BCUT2D eigenvalue weighted by molar-refractivity contribution is 5.71. The highest BCUT2D eigenvalue weighted by atomic mass is 16.6. The summed E-state index contributed by atoms with van der Waals surface area (Å²) in [6, 6.07) is 0. The Morgan fingerprint density at radius 1 is 0.260 bits per heavy atom. The van der Waals surface area contributed by atoms with E-state index in [0.29, 0.717) is 19.3 Å². The SMILES string of the molecule is CCCCCCC/C=C\CCCCCCCC(=O)OCC(COC(=O)CCCCCCCCCCCCCCC/C=C\CCCCCCCCCC)OC(=O)CCCCCCCCCCCCCCCCCC. The first-order chi connectivity index (χ1) is 36.0. The normalized spacial score (nSPS) is 12.1. The Hall–Kier alpha value is -2.11. The number of hydrogen-bond donors (Lipinski definition) is 0. The van der Waals surface area contributed by atoms with Gasteiger partial charge in [0, 0.05) is 19.3 Å². The number of carbonyl (C=O) groups excluding carboxylic acids is 3. The molecular formula is C67H126O6. The lowest BCUT2D eigenvalue weighted by atomic mass is 10.0. The Kier molecular flexibility index (Phi) is 60.6. The summed E-state index contributed by atoms with van der Waals surface area (Å²) in [5.74, 6) is -0.850. The van der Waals surface area contributed by atoms with Gasteiger partial charge >= 0.3 is 17.9 Å². The molecule has 1 atom stereocenters. The van der Waals surface area contributed by atoms with Gasteiger partial charge in [0.1, 0.15) is 13.2 Å². The molecule has 0 amide bonds. The monoisotopic (exact) mass is 1030 g/mol. The molecule has 0 saturated carbocycles. The summed E-state index contributed by atoms with van der Waals surface area (Å²) < 4.78 is 16.9. The molecule has 0 radical (unpaired) electrons. The summed E-state index contributed by atoms with van der Waals surface area (Å²) >= 11 is 0. The van der Waals surface area contributed by atoms with E-state index in [1.807, 2.05) is 0 Å². The van der Waals surface area contributed by atoms with Gasteiger partial charge in [0.25, 0.3) is 0 Å². The van der Waals surface area contributed by atoms with Crippen molar-refractivity contribution in [2.45, 2.75) is 374 Å². The third-order valence-electron chi connectivity index (χ3n) is 14.9. The Labute approximate surface area is 455 Å². The summed E-state index contributed by atoms with van der Waals surface area (Å²) in [7, 11) is 0. The lowest BCUT2D eigenvalue weighted by molar-refractivity contribution is -0.167. The van der Waals surface area contributed by atoms with Gasteiger partial charge in [0.05, 0.1) is 0 Å². The largest absolute Gasteiger partial charge is 0.462 e. The summed E-state index contributed by atoms with van der Waals surface area (Å²) in [6.07, 6.45) is 74.8. The van der Waals surface area contributed by atoms with Gasteiger partial charge in [-0.15, -0.1) is 0 Å². The van der Waals surface area contributed by atoms with Crippen molar-refractivity contribution in [3.05, 3.63) is 24.3 Å². The summed E-state index contributed by atoms with van der Waals surface area (Å²) in [6.45, 7) is 6.69. The number of allylic oxidation sites excluding steroid dienone is 4. The van der Waals surface area contributed by atoms with Crippen LogP contribution in [0.5, 0.6) is 0 Å². The van der Waals surface area contributed by atoms with Crippen LogP contribution in [0.15, 0.2) is 24.3 Å². The van der Waals surface area contributed by atoms with E-state index in [-0.39, 0.29) is 31.1 Å². The molecule has 73 heavy (non-hydrogen) atoms. The van der Waals surface area contributed by atoms with Crippen LogP contribution < -0.4 is 0 Å². The molecule has 0 aliphatic heterocycles. The van der Waals surface area contributed by atoms with Crippen LogP contribution in [0.2, 0.25) is 0 Å². The second kappa shape index (κ2) is 62.4. The molecule has 0 N–H and O–H groups in total. The first-order valence-electron chi connectivity index (χ1n) is 32.8. The molecule has 0 aliphatic rings. The van der Waals surface area contributed by atoms with Crippen LogP contribution in [0, 0.1) is 0 Å². The van der Waals surface area contributed by atoms with Crippen molar-refractivity contribution in [3.63, 3.8) is 0 Å². The molecule has 6 heteroatoms. The third-order valence-corrected chi connectivity index (χ3v) is 14.9. The zero-order chi connectivity index (χ0) is 52.9. The molecule has 0 aromatic heterocycles. The van der Waals surface area contributed by atoms with Crippen LogP contribution in [-0.2, 0) is 28.6 Å². The maximum absolute atomic E-state index is 12.9. The minimum atomic E-state index is -0.771. The van der Waals surface area contributed by atoms with Gasteiger partial charge in [-0.25, -0.2) is 0 Å². The summed E-state index contributed by atoms with van der Waals surface area (Å²) in [5, 5.41) is 0. The zero-order valence-electron chi connectivity index (χ0n) is 49.4. The van der Waals surface area contributed by atoms with Crippen LogP contribution in [0.4, 0.5) is 0 Å². The van der Waals surface area contributed by atoms with Gasteiger partial charge in [-0.2, -0.15) is 0 Å². The molecule has 430 valence electrons. The first-order valence-corrected chi connectivity index (χ1v) is 32.8. The lowest BCUT2D eigenvalue weighted by Gasteiger charge is -2.18. The van der Waals surface area contributed by atoms with Crippen molar-refractivity contribution in [2.75, 3.05) is 13.2 Å². The highest BCUT2D eigenvalue weighted by Gasteiger charge is 2.19. The lowest BCUT2D eigenvalue weighted by Crippen LogP contribution is -2.30. The topological polar surface area (TPSA) is 78.9 Å². The first kappa shape index (κ1) is 70.9. The van der Waals surface area contributed by atoms with E-state index in [1.54, 1.807) is 0 Å². The molecule has 0 bridgehead atoms. The van der Waals surface area contributed by atoms with Crippen LogP contribution in [0.25, 0.3) is 0 Å². The average molecular weight is 1030 g/mol. The van der Waals surface area contributed by atoms with E-state index < -0.39 is 6.10 Å². The molecule has 0 spiro atoms. The number of ether oxygens (including phenoxy) is 3. The molecule has 0 aromatic rings. The molecule has 0 rings (SSSR count). The quantitative estimate of drug-likeness (QED) is 0.0261. The predicted octanol–water partition coefficient (Wildman–Crippen LogP) is 22.2. The van der Waals surface area contributed by atoms with Gasteiger partial charge in [-0.3, -0.25) is 14.4 Å². The van der Waals surface area contributed by atoms with Gasteiger partial charge in [0.15, 0.2) is 6.10 Å². The van der Waals surface area contributed by atoms with E-state index in [9.17, 15) is 14.4 Å². The Morgan fingerprint density at radius 3 is 0.685 bits per heavy atom. The maximum Gasteiger partial charge on any atom is 0.306 e. The number of esters is 3. The minimum Gasteiger partial charge on any atom is -0.462 e. The van der Waals surface area contributed by atoms with Gasteiger partial charge in [-0.05, 0) is 70.6 Å². The van der Waals surface area contributed by atoms with Crippen LogP contribution in [-0.4, -0.2) is 37.2 Å². The number of hydrogen-bond acceptors (Lipinski definition) is 6.